The predicted molar refractivity (Wildman–Crippen MR) is 71.8 cm³/mol. The number of urea groups is 1. The molecular formula is C14H24N2O3. The Labute approximate surface area is 114 Å². The molecule has 108 valence electrons. The second kappa shape index (κ2) is 5.80. The Hall–Kier alpha value is -1.26. The van der Waals surface area contributed by atoms with E-state index in [2.05, 4.69) is 10.6 Å². The van der Waals surface area contributed by atoms with E-state index < -0.39 is 12.0 Å². The average molecular weight is 268 g/mol. The summed E-state index contributed by atoms with van der Waals surface area (Å²) in [7, 11) is 0. The zero-order valence-electron chi connectivity index (χ0n) is 11.7. The van der Waals surface area contributed by atoms with Crippen molar-refractivity contribution in [3.8, 4) is 0 Å². The molecule has 5 atom stereocenters. The van der Waals surface area contributed by atoms with E-state index in [9.17, 15) is 9.59 Å². The maximum Gasteiger partial charge on any atom is 0.326 e. The molecule has 0 aromatic heterocycles. The fourth-order valence-corrected chi connectivity index (χ4v) is 3.46. The largest absolute Gasteiger partial charge is 0.480 e. The molecule has 0 radical (unpaired) electrons. The normalized spacial score (nSPS) is 31.8. The third kappa shape index (κ3) is 3.19. The van der Waals surface area contributed by atoms with Crippen LogP contribution in [0.4, 0.5) is 4.79 Å². The lowest BCUT2D eigenvalue weighted by molar-refractivity contribution is -0.140. The minimum absolute atomic E-state index is 0.0664. The van der Waals surface area contributed by atoms with E-state index in [0.717, 1.165) is 18.8 Å². The SMILES string of the molecule is CC[C@H](C)[C@H](NC(=O)NC1CC2CCC1C2)C(=O)O. The fraction of sp³-hybridized carbons (Fsp3) is 0.857. The molecule has 2 rings (SSSR count). The van der Waals surface area contributed by atoms with Crippen molar-refractivity contribution in [3.05, 3.63) is 0 Å². The topological polar surface area (TPSA) is 78.4 Å². The zero-order chi connectivity index (χ0) is 14.0. The van der Waals surface area contributed by atoms with Gasteiger partial charge in [0.1, 0.15) is 6.04 Å². The predicted octanol–water partition coefficient (Wildman–Crippen LogP) is 1.97. The van der Waals surface area contributed by atoms with Crippen molar-refractivity contribution in [1.29, 1.82) is 0 Å². The molecule has 3 unspecified atom stereocenters. The maximum atomic E-state index is 11.9. The Balaban J connectivity index is 1.84. The summed E-state index contributed by atoms with van der Waals surface area (Å²) >= 11 is 0. The number of hydrogen-bond acceptors (Lipinski definition) is 2. The second-order valence-corrected chi connectivity index (χ2v) is 6.10. The molecule has 2 bridgehead atoms. The highest BCUT2D eigenvalue weighted by Gasteiger charge is 2.40. The van der Waals surface area contributed by atoms with Gasteiger partial charge < -0.3 is 15.7 Å². The van der Waals surface area contributed by atoms with Crippen molar-refractivity contribution in [2.24, 2.45) is 17.8 Å². The Bertz CT molecular complexity index is 359. The summed E-state index contributed by atoms with van der Waals surface area (Å²) in [6.07, 6.45) is 5.49. The van der Waals surface area contributed by atoms with Crippen LogP contribution in [0, 0.1) is 17.8 Å². The van der Waals surface area contributed by atoms with E-state index in [4.69, 9.17) is 5.11 Å². The van der Waals surface area contributed by atoms with Crippen LogP contribution in [0.3, 0.4) is 0 Å². The van der Waals surface area contributed by atoms with Gasteiger partial charge in [0.25, 0.3) is 0 Å². The van der Waals surface area contributed by atoms with Crippen molar-refractivity contribution >= 4 is 12.0 Å². The summed E-state index contributed by atoms with van der Waals surface area (Å²) in [4.78, 5) is 23.1. The molecular weight excluding hydrogens is 244 g/mol. The van der Waals surface area contributed by atoms with Crippen molar-refractivity contribution in [3.63, 3.8) is 0 Å². The molecule has 2 amide bonds. The summed E-state index contributed by atoms with van der Waals surface area (Å²) in [5.74, 6) is 0.337. The van der Waals surface area contributed by atoms with Gasteiger partial charge >= 0.3 is 12.0 Å². The fourth-order valence-electron chi connectivity index (χ4n) is 3.46. The lowest BCUT2D eigenvalue weighted by Gasteiger charge is -2.25. The van der Waals surface area contributed by atoms with E-state index in [1.165, 1.54) is 19.3 Å². The summed E-state index contributed by atoms with van der Waals surface area (Å²) in [6, 6.07) is -0.890. The standard InChI is InChI=1S/C14H24N2O3/c1-3-8(2)12(13(17)18)16-14(19)15-11-7-9-4-5-10(11)6-9/h8-12H,3-7H2,1-2H3,(H,17,18)(H2,15,16,19)/t8-,9?,10?,11?,12-/m0/s1. The van der Waals surface area contributed by atoms with E-state index in [1.807, 2.05) is 13.8 Å². The van der Waals surface area contributed by atoms with Crippen molar-refractivity contribution in [2.75, 3.05) is 0 Å². The van der Waals surface area contributed by atoms with Crippen LogP contribution in [-0.4, -0.2) is 29.2 Å². The van der Waals surface area contributed by atoms with Crippen LogP contribution in [0.25, 0.3) is 0 Å². The van der Waals surface area contributed by atoms with Crippen LogP contribution in [0.5, 0.6) is 0 Å². The summed E-state index contributed by atoms with van der Waals surface area (Å²) in [5, 5.41) is 14.7. The molecule has 19 heavy (non-hydrogen) atoms. The highest BCUT2D eigenvalue weighted by molar-refractivity contribution is 5.82. The van der Waals surface area contributed by atoms with Gasteiger partial charge in [0, 0.05) is 6.04 Å². The minimum atomic E-state index is -0.961. The van der Waals surface area contributed by atoms with Gasteiger partial charge in [-0.1, -0.05) is 26.7 Å². The number of carbonyl (C=O) groups is 2. The van der Waals surface area contributed by atoms with Crippen LogP contribution in [-0.2, 0) is 4.79 Å². The number of carboxylic acids is 1. The minimum Gasteiger partial charge on any atom is -0.480 e. The number of fused-ring (bicyclic) bond motifs is 2. The van der Waals surface area contributed by atoms with Crippen molar-refractivity contribution < 1.29 is 14.7 Å². The van der Waals surface area contributed by atoms with E-state index in [1.54, 1.807) is 0 Å². The van der Waals surface area contributed by atoms with Crippen LogP contribution in [0.1, 0.15) is 46.0 Å². The number of hydrogen-bond donors (Lipinski definition) is 3. The molecule has 0 aromatic carbocycles. The summed E-state index contributed by atoms with van der Waals surface area (Å²) in [5.41, 5.74) is 0. The van der Waals surface area contributed by atoms with Crippen molar-refractivity contribution in [2.45, 2.75) is 58.0 Å². The third-order valence-electron chi connectivity index (χ3n) is 4.82. The van der Waals surface area contributed by atoms with Gasteiger partial charge in [-0.2, -0.15) is 0 Å². The summed E-state index contributed by atoms with van der Waals surface area (Å²) < 4.78 is 0. The van der Waals surface area contributed by atoms with E-state index in [0.29, 0.717) is 5.92 Å². The quantitative estimate of drug-likeness (QED) is 0.713. The smallest absolute Gasteiger partial charge is 0.326 e. The average Bonchev–Trinajstić information content (AvgIpc) is 2.96. The van der Waals surface area contributed by atoms with Crippen LogP contribution in [0.2, 0.25) is 0 Å². The molecule has 0 saturated heterocycles. The number of amides is 2. The second-order valence-electron chi connectivity index (χ2n) is 6.10. The van der Waals surface area contributed by atoms with Gasteiger partial charge in [0.2, 0.25) is 0 Å². The first kappa shape index (κ1) is 14.2. The molecule has 5 heteroatoms. The number of rotatable bonds is 5. The van der Waals surface area contributed by atoms with Crippen LogP contribution >= 0.6 is 0 Å². The first-order valence-electron chi connectivity index (χ1n) is 7.31. The number of aliphatic carboxylic acids is 1. The van der Waals surface area contributed by atoms with Gasteiger partial charge in [-0.25, -0.2) is 9.59 Å². The van der Waals surface area contributed by atoms with Crippen LogP contribution in [0.15, 0.2) is 0 Å². The first-order chi connectivity index (χ1) is 9.01. The highest BCUT2D eigenvalue weighted by Crippen LogP contribution is 2.44. The highest BCUT2D eigenvalue weighted by atomic mass is 16.4. The Morgan fingerprint density at radius 2 is 2.05 bits per heavy atom. The van der Waals surface area contributed by atoms with Gasteiger partial charge in [0.05, 0.1) is 0 Å². The number of nitrogens with one attached hydrogen (secondary N) is 2. The van der Waals surface area contributed by atoms with Crippen molar-refractivity contribution in [1.82, 2.24) is 10.6 Å². The zero-order valence-corrected chi connectivity index (χ0v) is 11.7. The Morgan fingerprint density at radius 3 is 2.53 bits per heavy atom. The molecule has 0 heterocycles. The van der Waals surface area contributed by atoms with Gasteiger partial charge in [-0.15, -0.1) is 0 Å². The van der Waals surface area contributed by atoms with E-state index >= 15 is 0 Å². The first-order valence-corrected chi connectivity index (χ1v) is 7.31. The molecule has 2 fully saturated rings. The Kier molecular flexibility index (Phi) is 4.32. The van der Waals surface area contributed by atoms with Gasteiger partial charge in [-0.3, -0.25) is 0 Å². The molecule has 2 saturated carbocycles. The third-order valence-corrected chi connectivity index (χ3v) is 4.82. The number of carbonyl (C=O) groups excluding carboxylic acids is 1. The van der Waals surface area contributed by atoms with Gasteiger partial charge in [0.15, 0.2) is 0 Å². The lowest BCUT2D eigenvalue weighted by atomic mass is 9.95. The molecule has 0 spiro atoms. The molecule has 2 aliphatic rings. The maximum absolute atomic E-state index is 11.9. The molecule has 5 nitrogen and oxygen atoms in total. The lowest BCUT2D eigenvalue weighted by Crippen LogP contribution is -2.52. The monoisotopic (exact) mass is 268 g/mol. The van der Waals surface area contributed by atoms with Gasteiger partial charge in [-0.05, 0) is 37.0 Å². The molecule has 0 aliphatic heterocycles. The van der Waals surface area contributed by atoms with E-state index in [-0.39, 0.29) is 18.0 Å². The summed E-state index contributed by atoms with van der Waals surface area (Å²) in [6.45, 7) is 3.77. The molecule has 2 aliphatic carbocycles. The number of carboxylic acid groups (broad SMARTS) is 1. The molecule has 3 N–H and O–H groups in total. The van der Waals surface area contributed by atoms with Crippen LogP contribution < -0.4 is 10.6 Å². The molecule has 0 aromatic rings. The Morgan fingerprint density at radius 1 is 1.32 bits per heavy atom.